The van der Waals surface area contributed by atoms with Crippen molar-refractivity contribution in [2.24, 2.45) is 5.73 Å². The zero-order valence-electron chi connectivity index (χ0n) is 11.4. The van der Waals surface area contributed by atoms with Crippen molar-refractivity contribution in [2.45, 2.75) is 37.9 Å². The summed E-state index contributed by atoms with van der Waals surface area (Å²) in [5.41, 5.74) is 6.08. The predicted octanol–water partition coefficient (Wildman–Crippen LogP) is 2.68. The van der Waals surface area contributed by atoms with Gasteiger partial charge in [-0.15, -0.1) is 11.3 Å². The summed E-state index contributed by atoms with van der Waals surface area (Å²) in [6, 6.07) is 3.97. The highest BCUT2D eigenvalue weighted by atomic mass is 79.9. The Morgan fingerprint density at radius 2 is 2.37 bits per heavy atom. The average Bonchev–Trinajstić information content (AvgIpc) is 2.99. The predicted molar refractivity (Wildman–Crippen MR) is 84.6 cm³/mol. The van der Waals surface area contributed by atoms with E-state index >= 15 is 0 Å². The molecule has 0 aromatic carbocycles. The molecule has 3 atom stereocenters. The number of hydrogen-bond acceptors (Lipinski definition) is 4. The summed E-state index contributed by atoms with van der Waals surface area (Å²) in [7, 11) is 0. The van der Waals surface area contributed by atoms with E-state index in [0.29, 0.717) is 18.6 Å². The van der Waals surface area contributed by atoms with Crippen LogP contribution in [-0.4, -0.2) is 48.1 Å². The van der Waals surface area contributed by atoms with Crippen molar-refractivity contribution in [3.63, 3.8) is 0 Å². The van der Waals surface area contributed by atoms with Crippen LogP contribution in [0.1, 0.15) is 30.7 Å². The van der Waals surface area contributed by atoms with Crippen LogP contribution in [0.3, 0.4) is 0 Å². The molecular weight excluding hydrogens is 322 g/mol. The average molecular weight is 344 g/mol. The van der Waals surface area contributed by atoms with E-state index in [1.165, 1.54) is 41.8 Å². The molecule has 1 aromatic rings. The van der Waals surface area contributed by atoms with Gasteiger partial charge >= 0.3 is 0 Å². The van der Waals surface area contributed by atoms with Gasteiger partial charge < -0.3 is 5.73 Å². The summed E-state index contributed by atoms with van der Waals surface area (Å²) in [5, 5.41) is 2.16. The van der Waals surface area contributed by atoms with Gasteiger partial charge in [0.05, 0.1) is 6.04 Å². The molecule has 3 nitrogen and oxygen atoms in total. The number of piperazine rings is 1. The lowest BCUT2D eigenvalue weighted by Crippen LogP contribution is -2.56. The van der Waals surface area contributed by atoms with Crippen LogP contribution in [-0.2, 0) is 0 Å². The first-order chi connectivity index (χ1) is 9.19. The Bertz CT molecular complexity index is 436. The van der Waals surface area contributed by atoms with Gasteiger partial charge in [-0.3, -0.25) is 9.80 Å². The van der Waals surface area contributed by atoms with Crippen LogP contribution in [0, 0.1) is 0 Å². The maximum absolute atomic E-state index is 6.08. The highest BCUT2D eigenvalue weighted by Gasteiger charge is 2.37. The summed E-state index contributed by atoms with van der Waals surface area (Å²) >= 11 is 5.38. The van der Waals surface area contributed by atoms with Gasteiger partial charge in [-0.2, -0.15) is 0 Å². The molecular formula is C14H22BrN3S. The molecule has 2 aliphatic rings. The molecule has 2 aliphatic heterocycles. The molecule has 2 N–H and O–H groups in total. The van der Waals surface area contributed by atoms with Gasteiger partial charge in [0.25, 0.3) is 0 Å². The van der Waals surface area contributed by atoms with Crippen LogP contribution in [0.5, 0.6) is 0 Å². The Morgan fingerprint density at radius 3 is 3.05 bits per heavy atom. The van der Waals surface area contributed by atoms with Crippen molar-refractivity contribution in [3.05, 3.63) is 20.8 Å². The Morgan fingerprint density at radius 1 is 1.53 bits per heavy atom. The third-order valence-corrected chi connectivity index (χ3v) is 6.32. The quantitative estimate of drug-likeness (QED) is 0.915. The number of halogens is 1. The number of nitrogens with zero attached hydrogens (tertiary/aromatic N) is 2. The minimum Gasteiger partial charge on any atom is -0.329 e. The third kappa shape index (κ3) is 2.76. The van der Waals surface area contributed by atoms with Gasteiger partial charge in [-0.05, 0) is 48.3 Å². The SMILES string of the molecule is CC1CN2CCCC2CN1C(CN)c1cc(Br)cs1. The summed E-state index contributed by atoms with van der Waals surface area (Å²) in [4.78, 5) is 6.69. The normalized spacial score (nSPS) is 30.5. The number of rotatable bonds is 3. The maximum atomic E-state index is 6.08. The summed E-state index contributed by atoms with van der Waals surface area (Å²) < 4.78 is 1.18. The van der Waals surface area contributed by atoms with Gasteiger partial charge in [-0.1, -0.05) is 0 Å². The number of thiophene rings is 1. The second kappa shape index (κ2) is 5.82. The van der Waals surface area contributed by atoms with Gasteiger partial charge in [0, 0.05) is 46.4 Å². The van der Waals surface area contributed by atoms with Crippen molar-refractivity contribution in [3.8, 4) is 0 Å². The van der Waals surface area contributed by atoms with Gasteiger partial charge in [0.15, 0.2) is 0 Å². The molecule has 2 fully saturated rings. The highest BCUT2D eigenvalue weighted by molar-refractivity contribution is 9.10. The highest BCUT2D eigenvalue weighted by Crippen LogP contribution is 2.34. The van der Waals surface area contributed by atoms with E-state index in [1.807, 2.05) is 11.3 Å². The molecule has 0 amide bonds. The molecule has 19 heavy (non-hydrogen) atoms. The Labute approximate surface area is 127 Å². The third-order valence-electron chi connectivity index (χ3n) is 4.53. The summed E-state index contributed by atoms with van der Waals surface area (Å²) in [6.07, 6.45) is 2.72. The van der Waals surface area contributed by atoms with E-state index in [4.69, 9.17) is 5.73 Å². The molecule has 0 bridgehead atoms. The summed E-state index contributed by atoms with van der Waals surface area (Å²) in [6.45, 7) is 6.73. The van der Waals surface area contributed by atoms with Crippen molar-refractivity contribution in [2.75, 3.05) is 26.2 Å². The molecule has 3 heterocycles. The van der Waals surface area contributed by atoms with Crippen LogP contribution in [0.25, 0.3) is 0 Å². The molecule has 3 unspecified atom stereocenters. The van der Waals surface area contributed by atoms with Crippen LogP contribution in [0.4, 0.5) is 0 Å². The monoisotopic (exact) mass is 343 g/mol. The van der Waals surface area contributed by atoms with Crippen LogP contribution >= 0.6 is 27.3 Å². The van der Waals surface area contributed by atoms with E-state index < -0.39 is 0 Å². The molecule has 0 spiro atoms. The van der Waals surface area contributed by atoms with E-state index in [0.717, 1.165) is 6.04 Å². The van der Waals surface area contributed by atoms with Crippen LogP contribution < -0.4 is 5.73 Å². The van der Waals surface area contributed by atoms with Gasteiger partial charge in [0.1, 0.15) is 0 Å². The van der Waals surface area contributed by atoms with Crippen molar-refractivity contribution >= 4 is 27.3 Å². The minimum absolute atomic E-state index is 0.383. The van der Waals surface area contributed by atoms with Gasteiger partial charge in [-0.25, -0.2) is 0 Å². The summed E-state index contributed by atoms with van der Waals surface area (Å²) in [5.74, 6) is 0. The fourth-order valence-electron chi connectivity index (χ4n) is 3.56. The molecule has 2 saturated heterocycles. The zero-order valence-corrected chi connectivity index (χ0v) is 13.8. The minimum atomic E-state index is 0.383. The lowest BCUT2D eigenvalue weighted by molar-refractivity contribution is 0.0306. The number of nitrogens with two attached hydrogens (primary N) is 1. The van der Waals surface area contributed by atoms with Crippen molar-refractivity contribution < 1.29 is 0 Å². The first kappa shape index (κ1) is 14.0. The fraction of sp³-hybridized carbons (Fsp3) is 0.714. The molecule has 0 aliphatic carbocycles. The van der Waals surface area contributed by atoms with Crippen LogP contribution in [0.2, 0.25) is 0 Å². The van der Waals surface area contributed by atoms with Crippen LogP contribution in [0.15, 0.2) is 15.9 Å². The number of hydrogen-bond donors (Lipinski definition) is 1. The van der Waals surface area contributed by atoms with Crippen molar-refractivity contribution in [1.82, 2.24) is 9.80 Å². The van der Waals surface area contributed by atoms with E-state index in [2.05, 4.69) is 44.1 Å². The second-order valence-electron chi connectivity index (χ2n) is 5.76. The Kier molecular flexibility index (Phi) is 4.29. The first-order valence-corrected chi connectivity index (χ1v) is 8.80. The Hall–Kier alpha value is 0.0600. The number of fused-ring (bicyclic) bond motifs is 1. The molecule has 106 valence electrons. The fourth-order valence-corrected chi connectivity index (χ4v) is 5.14. The standard InChI is InChI=1S/C14H22BrN3S/c1-10-7-17-4-2-3-12(17)8-18(10)13(6-16)14-5-11(15)9-19-14/h5,9-10,12-13H,2-4,6-8,16H2,1H3. The second-order valence-corrected chi connectivity index (χ2v) is 7.61. The zero-order chi connectivity index (χ0) is 13.4. The molecule has 0 radical (unpaired) electrons. The molecule has 3 rings (SSSR count). The van der Waals surface area contributed by atoms with E-state index in [-0.39, 0.29) is 0 Å². The van der Waals surface area contributed by atoms with Gasteiger partial charge in [0.2, 0.25) is 0 Å². The Balaban J connectivity index is 1.78. The van der Waals surface area contributed by atoms with Crippen molar-refractivity contribution in [1.29, 1.82) is 0 Å². The topological polar surface area (TPSA) is 32.5 Å². The lowest BCUT2D eigenvalue weighted by Gasteiger charge is -2.45. The molecule has 0 saturated carbocycles. The largest absolute Gasteiger partial charge is 0.329 e. The lowest BCUT2D eigenvalue weighted by atomic mass is 10.0. The van der Waals surface area contributed by atoms with E-state index in [1.54, 1.807) is 0 Å². The molecule has 5 heteroatoms. The van der Waals surface area contributed by atoms with E-state index in [9.17, 15) is 0 Å². The maximum Gasteiger partial charge on any atom is 0.0568 e. The molecule has 1 aromatic heterocycles. The first-order valence-electron chi connectivity index (χ1n) is 7.13. The smallest absolute Gasteiger partial charge is 0.0568 e.